The molecule has 1 fully saturated rings. The molecule has 0 spiro atoms. The average molecular weight is 335 g/mol. The normalized spacial score (nSPS) is 35.0. The van der Waals surface area contributed by atoms with Crippen LogP contribution in [-0.2, 0) is 6.42 Å². The van der Waals surface area contributed by atoms with Crippen molar-refractivity contribution in [1.29, 1.82) is 0 Å². The van der Waals surface area contributed by atoms with Crippen LogP contribution in [-0.4, -0.2) is 43.8 Å². The predicted octanol–water partition coefficient (Wildman–Crippen LogP) is 0.776. The van der Waals surface area contributed by atoms with Crippen LogP contribution in [0.15, 0.2) is 18.2 Å². The van der Waals surface area contributed by atoms with Crippen molar-refractivity contribution < 1.29 is 20.4 Å². The first kappa shape index (κ1) is 17.8. The quantitative estimate of drug-likeness (QED) is 0.558. The molecule has 5 N–H and O–H groups in total. The molecule has 1 saturated heterocycles. The lowest BCUT2D eigenvalue weighted by Gasteiger charge is -2.40. The Bertz CT molecular complexity index is 582. The Balaban J connectivity index is 1.89. The van der Waals surface area contributed by atoms with Crippen LogP contribution in [0, 0.1) is 12.8 Å². The zero-order valence-electron chi connectivity index (χ0n) is 14.0. The van der Waals surface area contributed by atoms with Gasteiger partial charge in [-0.2, -0.15) is 0 Å². The second-order valence-corrected chi connectivity index (χ2v) is 6.98. The molecule has 1 radical (unpaired) electrons. The number of benzene rings is 1. The lowest BCUT2D eigenvalue weighted by Crippen LogP contribution is -2.57. The van der Waals surface area contributed by atoms with Crippen LogP contribution in [0.2, 0.25) is 0 Å². The summed E-state index contributed by atoms with van der Waals surface area (Å²) < 4.78 is 0. The van der Waals surface area contributed by atoms with Crippen molar-refractivity contribution in [1.82, 2.24) is 10.2 Å². The Morgan fingerprint density at radius 3 is 2.62 bits per heavy atom. The highest BCUT2D eigenvalue weighted by atomic mass is 16.3. The molecule has 0 aromatic heterocycles. The minimum Gasteiger partial charge on any atom is -0.379 e. The fourth-order valence-electron chi connectivity index (χ4n) is 3.82. The Morgan fingerprint density at radius 2 is 1.96 bits per heavy atom. The van der Waals surface area contributed by atoms with E-state index in [4.69, 9.17) is 0 Å². The SMILES string of the molecule is [CH2]CC(C)Cc1cccc2c1C(O)N(C1CCC(O)NC1O)C2O. The second-order valence-electron chi connectivity index (χ2n) is 6.98. The van der Waals surface area contributed by atoms with Gasteiger partial charge in [0.15, 0.2) is 0 Å². The van der Waals surface area contributed by atoms with Gasteiger partial charge in [0.05, 0.1) is 6.04 Å². The van der Waals surface area contributed by atoms with Crippen molar-refractivity contribution in [3.8, 4) is 0 Å². The fourth-order valence-corrected chi connectivity index (χ4v) is 3.82. The van der Waals surface area contributed by atoms with Gasteiger partial charge in [0.1, 0.15) is 24.9 Å². The van der Waals surface area contributed by atoms with Crippen molar-refractivity contribution >= 4 is 0 Å². The Labute approximate surface area is 142 Å². The van der Waals surface area contributed by atoms with E-state index in [1.54, 1.807) is 0 Å². The third-order valence-electron chi connectivity index (χ3n) is 5.24. The number of aliphatic hydroxyl groups is 4. The molecule has 0 amide bonds. The summed E-state index contributed by atoms with van der Waals surface area (Å²) in [7, 11) is 0. The molecule has 0 bridgehead atoms. The number of fused-ring (bicyclic) bond motifs is 1. The van der Waals surface area contributed by atoms with Gasteiger partial charge in [-0.3, -0.25) is 5.32 Å². The van der Waals surface area contributed by atoms with Gasteiger partial charge in [-0.05, 0) is 30.7 Å². The zero-order chi connectivity index (χ0) is 17.4. The largest absolute Gasteiger partial charge is 0.379 e. The van der Waals surface area contributed by atoms with Gasteiger partial charge in [-0.1, -0.05) is 38.5 Å². The van der Waals surface area contributed by atoms with Gasteiger partial charge in [0.2, 0.25) is 0 Å². The van der Waals surface area contributed by atoms with E-state index in [2.05, 4.69) is 19.2 Å². The van der Waals surface area contributed by atoms with Gasteiger partial charge in [-0.25, -0.2) is 4.90 Å². The number of hydrogen-bond acceptors (Lipinski definition) is 6. The van der Waals surface area contributed by atoms with Crippen LogP contribution in [0.3, 0.4) is 0 Å². The van der Waals surface area contributed by atoms with Crippen LogP contribution in [0.5, 0.6) is 0 Å². The molecule has 6 nitrogen and oxygen atoms in total. The minimum absolute atomic E-state index is 0.381. The molecular weight excluding hydrogens is 308 g/mol. The van der Waals surface area contributed by atoms with Crippen LogP contribution in [0.4, 0.5) is 0 Å². The summed E-state index contributed by atoms with van der Waals surface area (Å²) in [6, 6.07) is 5.22. The molecule has 24 heavy (non-hydrogen) atoms. The molecule has 2 aliphatic rings. The van der Waals surface area contributed by atoms with Crippen LogP contribution >= 0.6 is 0 Å². The van der Waals surface area contributed by atoms with Crippen LogP contribution in [0.25, 0.3) is 0 Å². The molecule has 133 valence electrons. The van der Waals surface area contributed by atoms with E-state index in [-0.39, 0.29) is 0 Å². The van der Waals surface area contributed by atoms with Crippen molar-refractivity contribution in [2.45, 2.75) is 63.6 Å². The first-order chi connectivity index (χ1) is 11.4. The topological polar surface area (TPSA) is 96.2 Å². The first-order valence-electron chi connectivity index (χ1n) is 8.60. The maximum atomic E-state index is 10.9. The summed E-state index contributed by atoms with van der Waals surface area (Å²) in [5.74, 6) is 0.381. The summed E-state index contributed by atoms with van der Waals surface area (Å²) >= 11 is 0. The van der Waals surface area contributed by atoms with Crippen LogP contribution in [0.1, 0.15) is 55.3 Å². The second kappa shape index (κ2) is 7.07. The Morgan fingerprint density at radius 1 is 1.21 bits per heavy atom. The van der Waals surface area contributed by atoms with E-state index >= 15 is 0 Å². The third-order valence-corrected chi connectivity index (χ3v) is 5.24. The molecule has 0 saturated carbocycles. The van der Waals surface area contributed by atoms with Crippen molar-refractivity contribution in [2.75, 3.05) is 0 Å². The smallest absolute Gasteiger partial charge is 0.136 e. The highest BCUT2D eigenvalue weighted by molar-refractivity contribution is 5.42. The standard InChI is InChI=1S/C18H27N2O4/c1-3-10(2)9-11-5-4-6-12-15(11)18(24)20(17(12)23)13-7-8-14(21)19-16(13)22/h4-6,10,13-14,16-19,21-24H,1,3,7-9H2,2H3. The predicted molar refractivity (Wildman–Crippen MR) is 89.2 cm³/mol. The van der Waals surface area contributed by atoms with Gasteiger partial charge >= 0.3 is 0 Å². The van der Waals surface area contributed by atoms with Crippen molar-refractivity contribution in [3.05, 3.63) is 41.8 Å². The third kappa shape index (κ3) is 3.10. The van der Waals surface area contributed by atoms with E-state index in [9.17, 15) is 20.4 Å². The minimum atomic E-state index is -1.01. The van der Waals surface area contributed by atoms with E-state index in [0.717, 1.165) is 24.0 Å². The van der Waals surface area contributed by atoms with Gasteiger partial charge in [-0.15, -0.1) is 0 Å². The Kier molecular flexibility index (Phi) is 5.24. The number of aliphatic hydroxyl groups excluding tert-OH is 4. The summed E-state index contributed by atoms with van der Waals surface area (Å²) in [4.78, 5) is 1.53. The highest BCUT2D eigenvalue weighted by Gasteiger charge is 2.45. The Hall–Kier alpha value is -1.02. The molecule has 2 heterocycles. The summed E-state index contributed by atoms with van der Waals surface area (Å²) in [5, 5.41) is 44.1. The molecule has 1 aromatic carbocycles. The summed E-state index contributed by atoms with van der Waals surface area (Å²) in [5.41, 5.74) is 2.44. The first-order valence-corrected chi connectivity index (χ1v) is 8.60. The summed E-state index contributed by atoms with van der Waals surface area (Å²) in [6.07, 6.45) is -1.18. The number of hydrogen-bond donors (Lipinski definition) is 5. The summed E-state index contributed by atoms with van der Waals surface area (Å²) in [6.45, 7) is 6.04. The zero-order valence-corrected chi connectivity index (χ0v) is 14.0. The number of piperidine rings is 1. The van der Waals surface area contributed by atoms with E-state index in [0.29, 0.717) is 24.3 Å². The average Bonchev–Trinajstić information content (AvgIpc) is 2.80. The molecule has 3 rings (SSSR count). The number of nitrogens with zero attached hydrogens (tertiary/aromatic N) is 1. The van der Waals surface area contributed by atoms with Crippen molar-refractivity contribution in [3.63, 3.8) is 0 Å². The lowest BCUT2D eigenvalue weighted by atomic mass is 9.93. The van der Waals surface area contributed by atoms with E-state index in [1.165, 1.54) is 4.90 Å². The molecular formula is C18H27N2O4. The maximum absolute atomic E-state index is 10.9. The van der Waals surface area contributed by atoms with Gasteiger partial charge < -0.3 is 20.4 Å². The van der Waals surface area contributed by atoms with Crippen LogP contribution < -0.4 is 5.32 Å². The van der Waals surface area contributed by atoms with Crippen molar-refractivity contribution in [2.24, 2.45) is 5.92 Å². The monoisotopic (exact) mass is 335 g/mol. The highest BCUT2D eigenvalue weighted by Crippen LogP contribution is 2.44. The molecule has 0 aliphatic carbocycles. The molecule has 1 aromatic rings. The lowest BCUT2D eigenvalue weighted by molar-refractivity contribution is -0.159. The van der Waals surface area contributed by atoms with Gasteiger partial charge in [0, 0.05) is 11.1 Å². The molecule has 6 heteroatoms. The van der Waals surface area contributed by atoms with Gasteiger partial charge in [0.25, 0.3) is 0 Å². The molecule has 6 unspecified atom stereocenters. The fraction of sp³-hybridized carbons (Fsp3) is 0.611. The number of rotatable bonds is 4. The maximum Gasteiger partial charge on any atom is 0.136 e. The number of nitrogens with one attached hydrogen (secondary N) is 1. The molecule has 2 aliphatic heterocycles. The van der Waals surface area contributed by atoms with E-state index in [1.807, 2.05) is 18.2 Å². The van der Waals surface area contributed by atoms with E-state index < -0.39 is 31.0 Å². The molecule has 6 atom stereocenters.